The maximum atomic E-state index is 13.7. The molecule has 1 atom stereocenters. The molecule has 1 aromatic carbocycles. The Morgan fingerprint density at radius 3 is 2.71 bits per heavy atom. The van der Waals surface area contributed by atoms with Crippen LogP contribution in [0.25, 0.3) is 0 Å². The van der Waals surface area contributed by atoms with Gasteiger partial charge in [0.25, 0.3) is 0 Å². The molecule has 0 amide bonds. The molecule has 0 fully saturated rings. The Bertz CT molecular complexity index is 465. The van der Waals surface area contributed by atoms with Crippen molar-refractivity contribution in [2.75, 3.05) is 0 Å². The molecule has 90 valence electrons. The number of ketones is 1. The summed E-state index contributed by atoms with van der Waals surface area (Å²) >= 11 is 5.63. The van der Waals surface area contributed by atoms with Gasteiger partial charge in [-0.25, -0.2) is 4.39 Å². The normalized spacial score (nSPS) is 12.2. The topological polar surface area (TPSA) is 40.9 Å². The lowest BCUT2D eigenvalue weighted by Gasteiger charge is -2.11. The van der Waals surface area contributed by atoms with Crippen LogP contribution in [0.5, 0.6) is 0 Å². The van der Waals surface area contributed by atoms with Crippen LogP contribution in [0.15, 0.2) is 18.2 Å². The molecule has 0 aromatic heterocycles. The van der Waals surface area contributed by atoms with E-state index in [9.17, 15) is 9.18 Å². The van der Waals surface area contributed by atoms with E-state index in [-0.39, 0.29) is 28.7 Å². The summed E-state index contributed by atoms with van der Waals surface area (Å²) in [5, 5.41) is 8.93. The van der Waals surface area contributed by atoms with Gasteiger partial charge in [-0.3, -0.25) is 4.79 Å². The molecule has 1 rings (SSSR count). The van der Waals surface area contributed by atoms with Crippen molar-refractivity contribution >= 4 is 17.4 Å². The average Bonchev–Trinajstić information content (AvgIpc) is 2.24. The molecule has 0 radical (unpaired) electrons. The van der Waals surface area contributed by atoms with Gasteiger partial charge in [0.05, 0.1) is 11.1 Å². The summed E-state index contributed by atoms with van der Waals surface area (Å²) in [6, 6.07) is 6.19. The van der Waals surface area contributed by atoms with Crippen molar-refractivity contribution in [1.82, 2.24) is 0 Å². The van der Waals surface area contributed by atoms with E-state index in [2.05, 4.69) is 0 Å². The van der Waals surface area contributed by atoms with Crippen molar-refractivity contribution in [3.63, 3.8) is 0 Å². The van der Waals surface area contributed by atoms with Gasteiger partial charge in [0.15, 0.2) is 5.78 Å². The predicted molar refractivity (Wildman–Crippen MR) is 64.2 cm³/mol. The van der Waals surface area contributed by atoms with E-state index in [1.54, 1.807) is 0 Å². The van der Waals surface area contributed by atoms with Crippen LogP contribution in [-0.2, 0) is 4.79 Å². The number of rotatable bonds is 4. The molecule has 4 heteroatoms. The third kappa shape index (κ3) is 3.28. The van der Waals surface area contributed by atoms with Gasteiger partial charge in [-0.05, 0) is 12.0 Å². The van der Waals surface area contributed by atoms with Crippen LogP contribution in [0, 0.1) is 23.1 Å². The summed E-state index contributed by atoms with van der Waals surface area (Å²) in [5.41, 5.74) is 0.0608. The SMILES string of the molecule is CC(C)CC(=O)C(C#N)c1cccc(Cl)c1F. The molecule has 1 aromatic rings. The molecular formula is C13H13ClFNO. The van der Waals surface area contributed by atoms with E-state index >= 15 is 0 Å². The Hall–Kier alpha value is -1.40. The fraction of sp³-hybridized carbons (Fsp3) is 0.385. The Morgan fingerprint density at radius 1 is 1.53 bits per heavy atom. The minimum absolute atomic E-state index is 0.0608. The van der Waals surface area contributed by atoms with Crippen molar-refractivity contribution in [2.24, 2.45) is 5.92 Å². The number of carbonyl (C=O) groups excluding carboxylic acids is 1. The van der Waals surface area contributed by atoms with Crippen LogP contribution < -0.4 is 0 Å². The molecule has 0 N–H and O–H groups in total. The van der Waals surface area contributed by atoms with Gasteiger partial charge < -0.3 is 0 Å². The van der Waals surface area contributed by atoms with Crippen molar-refractivity contribution < 1.29 is 9.18 Å². The summed E-state index contributed by atoms with van der Waals surface area (Å²) in [6.07, 6.45) is 0.254. The van der Waals surface area contributed by atoms with E-state index in [0.717, 1.165) is 0 Å². The highest BCUT2D eigenvalue weighted by molar-refractivity contribution is 6.30. The minimum atomic E-state index is -1.07. The molecule has 0 aliphatic rings. The first kappa shape index (κ1) is 13.7. The third-order valence-electron chi connectivity index (χ3n) is 2.35. The maximum Gasteiger partial charge on any atom is 0.154 e. The first-order chi connectivity index (χ1) is 7.97. The quantitative estimate of drug-likeness (QED) is 0.821. The zero-order valence-electron chi connectivity index (χ0n) is 9.71. The highest BCUT2D eigenvalue weighted by Gasteiger charge is 2.24. The van der Waals surface area contributed by atoms with E-state index < -0.39 is 11.7 Å². The third-order valence-corrected chi connectivity index (χ3v) is 2.64. The van der Waals surface area contributed by atoms with E-state index in [4.69, 9.17) is 16.9 Å². The number of hydrogen-bond acceptors (Lipinski definition) is 2. The standard InChI is InChI=1S/C13H13ClFNO/c1-8(2)6-12(17)10(7-16)9-4-3-5-11(14)13(9)15/h3-5,8,10H,6H2,1-2H3. The molecule has 17 heavy (non-hydrogen) atoms. The lowest BCUT2D eigenvalue weighted by Crippen LogP contribution is -2.14. The van der Waals surface area contributed by atoms with E-state index in [0.29, 0.717) is 0 Å². The molecule has 0 saturated heterocycles. The number of halogens is 2. The van der Waals surface area contributed by atoms with Crippen LogP contribution in [0.4, 0.5) is 4.39 Å². The summed E-state index contributed by atoms with van der Waals surface area (Å²) < 4.78 is 13.7. The molecule has 0 spiro atoms. The molecule has 0 heterocycles. The van der Waals surface area contributed by atoms with Gasteiger partial charge in [0.1, 0.15) is 11.7 Å². The number of carbonyl (C=O) groups is 1. The Kier molecular flexibility index (Phi) is 4.65. The van der Waals surface area contributed by atoms with E-state index in [1.165, 1.54) is 18.2 Å². The van der Waals surface area contributed by atoms with Gasteiger partial charge in [-0.2, -0.15) is 5.26 Å². The molecule has 0 saturated carbocycles. The molecule has 2 nitrogen and oxygen atoms in total. The number of nitriles is 1. The lowest BCUT2D eigenvalue weighted by atomic mass is 9.91. The maximum absolute atomic E-state index is 13.7. The van der Waals surface area contributed by atoms with Crippen molar-refractivity contribution in [2.45, 2.75) is 26.2 Å². The predicted octanol–water partition coefficient (Wildman–Crippen LogP) is 3.70. The van der Waals surface area contributed by atoms with Crippen LogP contribution >= 0.6 is 11.6 Å². The van der Waals surface area contributed by atoms with Crippen molar-refractivity contribution in [1.29, 1.82) is 5.26 Å². The first-order valence-electron chi connectivity index (χ1n) is 5.33. The van der Waals surface area contributed by atoms with Gasteiger partial charge in [0, 0.05) is 12.0 Å². The Morgan fingerprint density at radius 2 is 2.18 bits per heavy atom. The van der Waals surface area contributed by atoms with Crippen LogP contribution in [-0.4, -0.2) is 5.78 Å². The fourth-order valence-electron chi connectivity index (χ4n) is 1.58. The zero-order chi connectivity index (χ0) is 13.0. The number of benzene rings is 1. The lowest BCUT2D eigenvalue weighted by molar-refractivity contribution is -0.120. The van der Waals surface area contributed by atoms with Gasteiger partial charge in [0.2, 0.25) is 0 Å². The van der Waals surface area contributed by atoms with Gasteiger partial charge in [-0.15, -0.1) is 0 Å². The monoisotopic (exact) mass is 253 g/mol. The molecular weight excluding hydrogens is 241 g/mol. The highest BCUT2D eigenvalue weighted by Crippen LogP contribution is 2.26. The van der Waals surface area contributed by atoms with Gasteiger partial charge in [-0.1, -0.05) is 37.6 Å². The number of hydrogen-bond donors (Lipinski definition) is 0. The zero-order valence-corrected chi connectivity index (χ0v) is 10.5. The first-order valence-corrected chi connectivity index (χ1v) is 5.71. The van der Waals surface area contributed by atoms with Crippen molar-refractivity contribution in [3.05, 3.63) is 34.6 Å². The Labute approximate surface area is 105 Å². The van der Waals surface area contributed by atoms with Crippen LogP contribution in [0.1, 0.15) is 31.7 Å². The second kappa shape index (κ2) is 5.79. The second-order valence-corrected chi connectivity index (χ2v) is 4.68. The summed E-state index contributed by atoms with van der Waals surface area (Å²) in [5.74, 6) is -1.89. The Balaban J connectivity index is 3.07. The molecule has 0 aliphatic carbocycles. The van der Waals surface area contributed by atoms with Gasteiger partial charge >= 0.3 is 0 Å². The molecule has 0 aliphatic heterocycles. The molecule has 1 unspecified atom stereocenters. The number of nitrogens with zero attached hydrogens (tertiary/aromatic N) is 1. The van der Waals surface area contributed by atoms with Crippen LogP contribution in [0.3, 0.4) is 0 Å². The minimum Gasteiger partial charge on any atom is -0.298 e. The highest BCUT2D eigenvalue weighted by atomic mass is 35.5. The largest absolute Gasteiger partial charge is 0.298 e. The average molecular weight is 254 g/mol. The van der Waals surface area contributed by atoms with Crippen LogP contribution in [0.2, 0.25) is 5.02 Å². The van der Waals surface area contributed by atoms with E-state index in [1.807, 2.05) is 19.9 Å². The summed E-state index contributed by atoms with van der Waals surface area (Å²) in [4.78, 5) is 11.8. The van der Waals surface area contributed by atoms with Crippen molar-refractivity contribution in [3.8, 4) is 6.07 Å². The fourth-order valence-corrected chi connectivity index (χ4v) is 1.76. The molecule has 0 bridgehead atoms. The number of Topliss-reactive ketones (excluding diaryl/α,β-unsaturated/α-hetero) is 1. The smallest absolute Gasteiger partial charge is 0.154 e. The summed E-state index contributed by atoms with van der Waals surface area (Å²) in [6.45, 7) is 3.75. The second-order valence-electron chi connectivity index (χ2n) is 4.27. The summed E-state index contributed by atoms with van der Waals surface area (Å²) in [7, 11) is 0.